The minimum Gasteiger partial charge on any atom is -0.326 e. The molecule has 0 spiro atoms. The maximum atomic E-state index is 12.3. The third-order valence-electron chi connectivity index (χ3n) is 2.91. The molecule has 1 aromatic carbocycles. The molecule has 1 heterocycles. The number of halogens is 1. The van der Waals surface area contributed by atoms with Crippen LogP contribution in [0.5, 0.6) is 0 Å². The zero-order valence-electron chi connectivity index (χ0n) is 10.9. The second kappa shape index (κ2) is 6.04. The lowest BCUT2D eigenvalue weighted by molar-refractivity contribution is 0.580. The molecule has 4 N–H and O–H groups in total. The Kier molecular flexibility index (Phi) is 4.59. The predicted molar refractivity (Wildman–Crippen MR) is 79.4 cm³/mol. The predicted octanol–water partition coefficient (Wildman–Crippen LogP) is 1.42. The van der Waals surface area contributed by atoms with E-state index in [1.54, 1.807) is 18.3 Å². The number of aryl methyl sites for hydroxylation is 1. The first-order valence-electron chi connectivity index (χ1n) is 5.91. The largest absolute Gasteiger partial charge is 0.326 e. The van der Waals surface area contributed by atoms with Crippen LogP contribution in [0, 0.1) is 6.92 Å². The minimum atomic E-state index is -3.59. The SMILES string of the molecule is Cc1[nH]ncc1CNS(=O)(=O)c1ccc(CN)cc1Br. The third kappa shape index (κ3) is 3.26. The molecule has 108 valence electrons. The second-order valence-electron chi connectivity index (χ2n) is 4.31. The first-order chi connectivity index (χ1) is 9.44. The van der Waals surface area contributed by atoms with Crippen molar-refractivity contribution in [1.82, 2.24) is 14.9 Å². The standard InChI is InChI=1S/C12H15BrN4O2S/c1-8-10(6-15-17-8)7-16-20(18,19)12-3-2-9(5-14)4-11(12)13/h2-4,6,16H,5,7,14H2,1H3,(H,15,17). The molecule has 20 heavy (non-hydrogen) atoms. The molecule has 0 unspecified atom stereocenters. The molecule has 0 radical (unpaired) electrons. The number of H-pyrrole nitrogens is 1. The Balaban J connectivity index is 2.20. The third-order valence-corrected chi connectivity index (χ3v) is 5.29. The number of sulfonamides is 1. The number of hydrogen-bond acceptors (Lipinski definition) is 4. The minimum absolute atomic E-state index is 0.190. The maximum Gasteiger partial charge on any atom is 0.241 e. The lowest BCUT2D eigenvalue weighted by Gasteiger charge is -2.09. The molecule has 0 atom stereocenters. The van der Waals surface area contributed by atoms with E-state index in [0.717, 1.165) is 16.8 Å². The number of nitrogens with two attached hydrogens (primary N) is 1. The van der Waals surface area contributed by atoms with Crippen LogP contribution in [0.1, 0.15) is 16.8 Å². The number of nitrogens with zero attached hydrogens (tertiary/aromatic N) is 1. The van der Waals surface area contributed by atoms with Gasteiger partial charge in [-0.15, -0.1) is 0 Å². The van der Waals surface area contributed by atoms with Crippen molar-refractivity contribution >= 4 is 26.0 Å². The highest BCUT2D eigenvalue weighted by Crippen LogP contribution is 2.23. The summed E-state index contributed by atoms with van der Waals surface area (Å²) < 4.78 is 27.6. The number of rotatable bonds is 5. The molecule has 0 bridgehead atoms. The Morgan fingerprint density at radius 3 is 2.75 bits per heavy atom. The van der Waals surface area contributed by atoms with E-state index in [-0.39, 0.29) is 11.4 Å². The fourth-order valence-corrected chi connectivity index (χ4v) is 3.82. The van der Waals surface area contributed by atoms with E-state index in [1.807, 2.05) is 6.92 Å². The van der Waals surface area contributed by atoms with Gasteiger partial charge in [-0.05, 0) is 40.5 Å². The van der Waals surface area contributed by atoms with Crippen LogP contribution < -0.4 is 10.5 Å². The summed E-state index contributed by atoms with van der Waals surface area (Å²) in [6.45, 7) is 2.39. The van der Waals surface area contributed by atoms with Gasteiger partial charge in [-0.3, -0.25) is 5.10 Å². The van der Waals surface area contributed by atoms with Crippen molar-refractivity contribution in [3.8, 4) is 0 Å². The van der Waals surface area contributed by atoms with Crippen LogP contribution >= 0.6 is 15.9 Å². The van der Waals surface area contributed by atoms with Gasteiger partial charge in [-0.2, -0.15) is 5.10 Å². The van der Waals surface area contributed by atoms with Crippen LogP contribution in [0.4, 0.5) is 0 Å². The molecule has 6 nitrogen and oxygen atoms in total. The van der Waals surface area contributed by atoms with Gasteiger partial charge in [-0.25, -0.2) is 13.1 Å². The number of nitrogens with one attached hydrogen (secondary N) is 2. The van der Waals surface area contributed by atoms with Crippen molar-refractivity contribution in [2.45, 2.75) is 24.9 Å². The summed E-state index contributed by atoms with van der Waals surface area (Å²) in [5.74, 6) is 0. The van der Waals surface area contributed by atoms with E-state index in [1.165, 1.54) is 6.07 Å². The number of aromatic amines is 1. The first kappa shape index (κ1) is 15.2. The fourth-order valence-electron chi connectivity index (χ4n) is 1.69. The van der Waals surface area contributed by atoms with Crippen LogP contribution in [0.3, 0.4) is 0 Å². The van der Waals surface area contributed by atoms with Crippen molar-refractivity contribution in [2.24, 2.45) is 5.73 Å². The number of aromatic nitrogens is 2. The van der Waals surface area contributed by atoms with E-state index < -0.39 is 10.0 Å². The Bertz CT molecular complexity index is 712. The van der Waals surface area contributed by atoms with E-state index in [0.29, 0.717) is 11.0 Å². The molecule has 0 saturated heterocycles. The molecule has 0 fully saturated rings. The smallest absolute Gasteiger partial charge is 0.241 e. The summed E-state index contributed by atoms with van der Waals surface area (Å²) in [5.41, 5.74) is 8.03. The molecule has 0 amide bonds. The van der Waals surface area contributed by atoms with Gasteiger partial charge in [0.2, 0.25) is 10.0 Å². The Hall–Kier alpha value is -1.22. The zero-order chi connectivity index (χ0) is 14.8. The van der Waals surface area contributed by atoms with E-state index in [4.69, 9.17) is 5.73 Å². The summed E-state index contributed by atoms with van der Waals surface area (Å²) in [4.78, 5) is 0.191. The lowest BCUT2D eigenvalue weighted by atomic mass is 10.2. The van der Waals surface area contributed by atoms with Gasteiger partial charge in [0, 0.05) is 28.8 Å². The molecule has 0 aliphatic rings. The van der Waals surface area contributed by atoms with Crippen molar-refractivity contribution in [3.05, 3.63) is 45.7 Å². The molecule has 8 heteroatoms. The van der Waals surface area contributed by atoms with Crippen LogP contribution in [-0.4, -0.2) is 18.6 Å². The van der Waals surface area contributed by atoms with Crippen molar-refractivity contribution in [3.63, 3.8) is 0 Å². The molecule has 0 saturated carbocycles. The van der Waals surface area contributed by atoms with E-state index in [2.05, 4.69) is 30.8 Å². The summed E-state index contributed by atoms with van der Waals surface area (Å²) in [6.07, 6.45) is 1.60. The highest BCUT2D eigenvalue weighted by Gasteiger charge is 2.18. The topological polar surface area (TPSA) is 101 Å². The van der Waals surface area contributed by atoms with Crippen LogP contribution in [0.2, 0.25) is 0 Å². The van der Waals surface area contributed by atoms with Crippen LogP contribution in [-0.2, 0) is 23.1 Å². The molecular weight excluding hydrogens is 344 g/mol. The van der Waals surface area contributed by atoms with Crippen LogP contribution in [0.15, 0.2) is 33.8 Å². The molecule has 1 aromatic heterocycles. The molecular formula is C12H15BrN4O2S. The van der Waals surface area contributed by atoms with Gasteiger partial charge in [0.25, 0.3) is 0 Å². The van der Waals surface area contributed by atoms with E-state index in [9.17, 15) is 8.42 Å². The monoisotopic (exact) mass is 358 g/mol. The summed E-state index contributed by atoms with van der Waals surface area (Å²) >= 11 is 3.26. The van der Waals surface area contributed by atoms with Gasteiger partial charge in [-0.1, -0.05) is 6.07 Å². The maximum absolute atomic E-state index is 12.3. The van der Waals surface area contributed by atoms with Gasteiger partial charge >= 0.3 is 0 Å². The normalized spacial score (nSPS) is 11.8. The highest BCUT2D eigenvalue weighted by atomic mass is 79.9. The molecule has 0 aliphatic heterocycles. The lowest BCUT2D eigenvalue weighted by Crippen LogP contribution is -2.23. The average molecular weight is 359 g/mol. The summed E-state index contributed by atoms with van der Waals surface area (Å²) in [6, 6.07) is 4.94. The first-order valence-corrected chi connectivity index (χ1v) is 8.18. The highest BCUT2D eigenvalue weighted by molar-refractivity contribution is 9.10. The summed E-state index contributed by atoms with van der Waals surface area (Å²) in [5, 5.41) is 6.62. The van der Waals surface area contributed by atoms with Crippen molar-refractivity contribution < 1.29 is 8.42 Å². The molecule has 2 rings (SSSR count). The second-order valence-corrected chi connectivity index (χ2v) is 6.90. The van der Waals surface area contributed by atoms with Crippen molar-refractivity contribution in [2.75, 3.05) is 0 Å². The Morgan fingerprint density at radius 2 is 2.20 bits per heavy atom. The van der Waals surface area contributed by atoms with Crippen LogP contribution in [0.25, 0.3) is 0 Å². The van der Waals surface area contributed by atoms with Gasteiger partial charge < -0.3 is 5.73 Å². The fraction of sp³-hybridized carbons (Fsp3) is 0.250. The van der Waals surface area contributed by atoms with E-state index >= 15 is 0 Å². The average Bonchev–Trinajstić information content (AvgIpc) is 2.81. The summed E-state index contributed by atoms with van der Waals surface area (Å²) in [7, 11) is -3.59. The number of hydrogen-bond donors (Lipinski definition) is 3. The Labute approximate surface area is 125 Å². The van der Waals surface area contributed by atoms with Crippen molar-refractivity contribution in [1.29, 1.82) is 0 Å². The quantitative estimate of drug-likeness (QED) is 0.752. The number of benzene rings is 1. The zero-order valence-corrected chi connectivity index (χ0v) is 13.3. The van der Waals surface area contributed by atoms with Gasteiger partial charge in [0.05, 0.1) is 11.1 Å². The molecule has 2 aromatic rings. The Morgan fingerprint density at radius 1 is 1.45 bits per heavy atom. The molecule has 0 aliphatic carbocycles. The van der Waals surface area contributed by atoms with Gasteiger partial charge in [0.1, 0.15) is 0 Å². The van der Waals surface area contributed by atoms with Gasteiger partial charge in [0.15, 0.2) is 0 Å².